The molecule has 0 saturated carbocycles. The Hall–Kier alpha value is -0.821. The molecular weight excluding hydrogens is 238 g/mol. The molecule has 0 heterocycles. The van der Waals surface area contributed by atoms with Crippen LogP contribution in [0.2, 0.25) is 0 Å². The Morgan fingerprint density at radius 1 is 1.07 bits per heavy atom. The van der Waals surface area contributed by atoms with Crippen molar-refractivity contribution in [2.45, 2.75) is 0 Å². The zero-order chi connectivity index (χ0) is 12.0. The first kappa shape index (κ1) is 23.8. The van der Waals surface area contributed by atoms with E-state index in [9.17, 15) is 0 Å². The molecule has 0 radical (unpaired) electrons. The van der Waals surface area contributed by atoms with E-state index in [0.29, 0.717) is 0 Å². The molecule has 0 unspecified atom stereocenters. The van der Waals surface area contributed by atoms with Crippen LogP contribution < -0.4 is 0 Å². The van der Waals surface area contributed by atoms with E-state index in [1.54, 1.807) is 0 Å². The smallest absolute Gasteiger partial charge is 0 e. The van der Waals surface area contributed by atoms with Gasteiger partial charge in [0.25, 0.3) is 0 Å². The van der Waals surface area contributed by atoms with Crippen molar-refractivity contribution >= 4 is 0 Å². The van der Waals surface area contributed by atoms with E-state index in [0.717, 1.165) is 6.54 Å². The van der Waals surface area contributed by atoms with Crippen molar-refractivity contribution < 1.29 is 31.0 Å². The third-order valence-corrected chi connectivity index (χ3v) is 1.12. The molecule has 82 valence electrons. The maximum absolute atomic E-state index is 7.50. The number of hydrogen-bond donors (Lipinski definition) is 0. The van der Waals surface area contributed by atoms with Crippen LogP contribution in [0.25, 0.3) is 0 Å². The van der Waals surface area contributed by atoms with Crippen molar-refractivity contribution in [3.05, 3.63) is 43.8 Å². The molecule has 0 N–H and O–H groups in total. The fourth-order valence-electron chi connectivity index (χ4n) is 0.703. The van der Waals surface area contributed by atoms with Gasteiger partial charge in [-0.15, -0.1) is 0 Å². The van der Waals surface area contributed by atoms with Crippen molar-refractivity contribution in [3.63, 3.8) is 0 Å². The number of rotatable bonds is 2. The Labute approximate surface area is 101 Å². The summed E-state index contributed by atoms with van der Waals surface area (Å²) in [7, 11) is 4.15. The average molecular weight is 249 g/mol. The summed E-state index contributed by atoms with van der Waals surface area (Å²) in [6.07, 6.45) is 6.35. The van der Waals surface area contributed by atoms with Gasteiger partial charge in [0.1, 0.15) is 0 Å². The quantitative estimate of drug-likeness (QED) is 0.408. The minimum atomic E-state index is 0. The molecule has 1 aliphatic carbocycles. The molecule has 0 fully saturated rings. The second-order valence-corrected chi connectivity index (χ2v) is 2.34. The van der Waals surface area contributed by atoms with Gasteiger partial charge in [0, 0.05) is 23.6 Å². The third-order valence-electron chi connectivity index (χ3n) is 1.12. The summed E-state index contributed by atoms with van der Waals surface area (Å²) in [5.41, 5.74) is 1.43. The van der Waals surface area contributed by atoms with Crippen molar-refractivity contribution in [2.24, 2.45) is 0 Å². The Morgan fingerprint density at radius 3 is 1.47 bits per heavy atom. The van der Waals surface area contributed by atoms with Gasteiger partial charge in [0.15, 0.2) is 0 Å². The van der Waals surface area contributed by atoms with E-state index in [-0.39, 0.29) is 17.1 Å². The third kappa shape index (κ3) is 19.5. The van der Waals surface area contributed by atoms with Crippen molar-refractivity contribution in [1.29, 1.82) is 0 Å². The van der Waals surface area contributed by atoms with Crippen LogP contribution in [-0.4, -0.2) is 25.5 Å². The number of hydrogen-bond acceptors (Lipinski definition) is 1. The Kier molecular flexibility index (Phi) is 36.8. The number of allylic oxidation sites excluding steroid dienone is 2. The van der Waals surface area contributed by atoms with E-state index >= 15 is 0 Å². The zero-order valence-corrected chi connectivity index (χ0v) is 9.57. The van der Waals surface area contributed by atoms with Crippen molar-refractivity contribution in [3.8, 4) is 0 Å². The molecule has 0 atom stereocenters. The van der Waals surface area contributed by atoms with Gasteiger partial charge < -0.3 is 4.90 Å². The summed E-state index contributed by atoms with van der Waals surface area (Å²) in [6.45, 7) is 14.6. The molecule has 1 aliphatic rings. The number of nitrogens with zero attached hydrogens (tertiary/aromatic N) is 1. The predicted molar refractivity (Wildman–Crippen MR) is 47.6 cm³/mol. The van der Waals surface area contributed by atoms with E-state index in [4.69, 9.17) is 14.0 Å². The van der Waals surface area contributed by atoms with E-state index in [1.807, 2.05) is 0 Å². The van der Waals surface area contributed by atoms with E-state index in [2.05, 4.69) is 57.2 Å². The Bertz CT molecular complexity index is 225. The van der Waals surface area contributed by atoms with Crippen LogP contribution >= 0.6 is 0 Å². The van der Waals surface area contributed by atoms with Gasteiger partial charge in [-0.25, -0.2) is 0 Å². The first-order valence-corrected chi connectivity index (χ1v) is 3.42. The molecule has 0 aromatic rings. The van der Waals surface area contributed by atoms with Crippen molar-refractivity contribution in [1.82, 2.24) is 4.90 Å². The molecule has 0 bridgehead atoms. The fourth-order valence-corrected chi connectivity index (χ4v) is 0.703. The first-order valence-electron chi connectivity index (χ1n) is 3.42. The van der Waals surface area contributed by atoms with Crippen LogP contribution in [0.4, 0.5) is 0 Å². The van der Waals surface area contributed by atoms with Crippen LogP contribution in [0.1, 0.15) is 0 Å². The summed E-state index contributed by atoms with van der Waals surface area (Å²) in [4.78, 5) is 2.16. The van der Waals surface area contributed by atoms with Crippen LogP contribution in [-0.2, 0) is 31.0 Å². The van der Waals surface area contributed by atoms with Crippen LogP contribution in [0.3, 0.4) is 0 Å². The summed E-state index contributed by atoms with van der Waals surface area (Å²) in [5.74, 6) is 0. The monoisotopic (exact) mass is 249 g/mol. The second-order valence-electron chi connectivity index (χ2n) is 2.34. The molecule has 15 heavy (non-hydrogen) atoms. The minimum Gasteiger partial charge on any atom is 0 e. The molecule has 5 heteroatoms. The van der Waals surface area contributed by atoms with Gasteiger partial charge in [-0.2, -0.15) is 0 Å². The van der Waals surface area contributed by atoms with E-state index < -0.39 is 0 Å². The SMILES string of the molecule is CN(C)CC1=CC=C1.[C-]#[O+].[C-]#[O+].[C-]#[O+].[Fe]. The average Bonchev–Trinajstić information content (AvgIpc) is 2.21. The number of likely N-dealkylation sites (N-methyl/N-ethyl adjacent to an activating group) is 1. The van der Waals surface area contributed by atoms with E-state index in [1.165, 1.54) is 5.57 Å². The molecule has 0 aromatic carbocycles. The topological polar surface area (TPSA) is 62.9 Å². The van der Waals surface area contributed by atoms with Gasteiger partial charge in [-0.3, -0.25) is 0 Å². The molecule has 1 rings (SSSR count). The minimum absolute atomic E-state index is 0. The predicted octanol–water partition coefficient (Wildman–Crippen LogP) is 0.929. The van der Waals surface area contributed by atoms with Crippen LogP contribution in [0, 0.1) is 20.0 Å². The van der Waals surface area contributed by atoms with Crippen LogP contribution in [0.5, 0.6) is 0 Å². The molecule has 0 spiro atoms. The maximum Gasteiger partial charge on any atom is 0 e. The summed E-state index contributed by atoms with van der Waals surface area (Å²) in [6, 6.07) is 0. The zero-order valence-electron chi connectivity index (χ0n) is 8.46. The molecule has 0 saturated heterocycles. The van der Waals surface area contributed by atoms with Crippen molar-refractivity contribution in [2.75, 3.05) is 20.6 Å². The molecule has 4 nitrogen and oxygen atoms in total. The molecule has 0 aliphatic heterocycles. The normalized spacial score (nSPS) is 9.00. The standard InChI is InChI=1S/C7H11N.3CO.Fe/c1-8(2)6-7-4-3-5-7;3*1-2;/h3-5H,6H2,1-2H3;;;;. The van der Waals surface area contributed by atoms with Gasteiger partial charge in [0.2, 0.25) is 0 Å². The maximum atomic E-state index is 7.50. The summed E-state index contributed by atoms with van der Waals surface area (Å²) in [5, 5.41) is 0. The molecule has 0 amide bonds. The summed E-state index contributed by atoms with van der Waals surface area (Å²) < 4.78 is 22.5. The second kappa shape index (κ2) is 23.2. The first-order chi connectivity index (χ1) is 6.79. The largest absolute Gasteiger partial charge is 0 e. The Balaban J connectivity index is -0.0000000755. The molecular formula is C10H11FeNO3. The molecule has 0 aromatic heterocycles. The fraction of sp³-hybridized carbons (Fsp3) is 0.300. The Morgan fingerprint density at radius 2 is 1.40 bits per heavy atom. The van der Waals surface area contributed by atoms with Gasteiger partial charge in [-0.05, 0) is 19.7 Å². The van der Waals surface area contributed by atoms with Gasteiger partial charge in [-0.1, -0.05) is 18.2 Å². The van der Waals surface area contributed by atoms with Gasteiger partial charge >= 0.3 is 33.9 Å². The summed E-state index contributed by atoms with van der Waals surface area (Å²) >= 11 is 0. The van der Waals surface area contributed by atoms with Gasteiger partial charge in [0.05, 0.1) is 0 Å². The van der Waals surface area contributed by atoms with Crippen LogP contribution in [0.15, 0.2) is 23.8 Å².